The van der Waals surface area contributed by atoms with Crippen molar-refractivity contribution in [3.05, 3.63) is 5.15 Å². The summed E-state index contributed by atoms with van der Waals surface area (Å²) in [5.74, 6) is 0.940. The molecule has 108 valence electrons. The van der Waals surface area contributed by atoms with E-state index in [1.165, 1.54) is 0 Å². The molecule has 3 rings (SSSR count). The monoisotopic (exact) mass is 313 g/mol. The molecule has 2 atom stereocenters. The van der Waals surface area contributed by atoms with Crippen LogP contribution in [0, 0.1) is 0 Å². The zero-order chi connectivity index (χ0) is 14.1. The van der Waals surface area contributed by atoms with Crippen molar-refractivity contribution in [2.75, 3.05) is 5.75 Å². The molecule has 1 fully saturated rings. The van der Waals surface area contributed by atoms with Crippen LogP contribution in [-0.2, 0) is 0 Å². The van der Waals surface area contributed by atoms with Crippen molar-refractivity contribution in [2.24, 2.45) is 0 Å². The molecule has 8 heteroatoms. The fourth-order valence-corrected chi connectivity index (χ4v) is 3.41. The smallest absolute Gasteiger partial charge is 0.191 e. The second-order valence-corrected chi connectivity index (χ2v) is 6.34. The molecule has 2 heterocycles. The second kappa shape index (κ2) is 5.83. The lowest BCUT2D eigenvalue weighted by Crippen LogP contribution is -2.19. The normalized spacial score (nSPS) is 22.8. The molecule has 1 saturated carbocycles. The summed E-state index contributed by atoms with van der Waals surface area (Å²) in [6.45, 7) is 2.10. The summed E-state index contributed by atoms with van der Waals surface area (Å²) >= 11 is 7.72. The van der Waals surface area contributed by atoms with Crippen LogP contribution in [0.4, 0.5) is 0 Å². The molecule has 0 aliphatic heterocycles. The van der Waals surface area contributed by atoms with Gasteiger partial charge in [0.05, 0.1) is 12.1 Å². The maximum Gasteiger partial charge on any atom is 0.191 e. The lowest BCUT2D eigenvalue weighted by atomic mass is 10.2. The van der Waals surface area contributed by atoms with Crippen LogP contribution in [0.5, 0.6) is 0 Å². The van der Waals surface area contributed by atoms with Gasteiger partial charge in [-0.2, -0.15) is 0 Å². The van der Waals surface area contributed by atoms with Gasteiger partial charge in [-0.05, 0) is 25.7 Å². The fourth-order valence-electron chi connectivity index (χ4n) is 2.47. The Hall–Kier alpha value is -0.920. The van der Waals surface area contributed by atoms with E-state index in [-0.39, 0.29) is 12.1 Å². The predicted octanol–water partition coefficient (Wildman–Crippen LogP) is 2.46. The van der Waals surface area contributed by atoms with Gasteiger partial charge >= 0.3 is 0 Å². The minimum Gasteiger partial charge on any atom is -0.391 e. The SMILES string of the molecule is CCCSc1nc(Cl)c2nnn([C@@H]3CCC[C@H]3O)c2n1. The third kappa shape index (κ3) is 2.49. The molecule has 0 saturated heterocycles. The number of aliphatic hydroxyl groups excluding tert-OH is 1. The van der Waals surface area contributed by atoms with Crippen molar-refractivity contribution < 1.29 is 5.11 Å². The van der Waals surface area contributed by atoms with E-state index >= 15 is 0 Å². The minimum atomic E-state index is -0.389. The Morgan fingerprint density at radius 3 is 2.95 bits per heavy atom. The van der Waals surface area contributed by atoms with E-state index in [4.69, 9.17) is 11.6 Å². The van der Waals surface area contributed by atoms with Gasteiger partial charge in [0, 0.05) is 5.75 Å². The summed E-state index contributed by atoms with van der Waals surface area (Å²) in [5.41, 5.74) is 1.13. The predicted molar refractivity (Wildman–Crippen MR) is 78.0 cm³/mol. The average Bonchev–Trinajstić information content (AvgIpc) is 3.02. The van der Waals surface area contributed by atoms with E-state index in [2.05, 4.69) is 27.2 Å². The van der Waals surface area contributed by atoms with Crippen molar-refractivity contribution in [1.29, 1.82) is 0 Å². The minimum absolute atomic E-state index is 0.0602. The first-order valence-corrected chi connectivity index (χ1v) is 8.16. The average molecular weight is 314 g/mol. The van der Waals surface area contributed by atoms with Crippen molar-refractivity contribution in [1.82, 2.24) is 25.0 Å². The standard InChI is InChI=1S/C12H16ClN5OS/c1-2-6-20-12-14-10(13)9-11(15-12)18(17-16-9)7-4-3-5-8(7)19/h7-8,19H,2-6H2,1H3/t7-,8-/m1/s1. The molecule has 0 bridgehead atoms. The summed E-state index contributed by atoms with van der Waals surface area (Å²) in [5, 5.41) is 19.2. The molecule has 20 heavy (non-hydrogen) atoms. The highest BCUT2D eigenvalue weighted by Gasteiger charge is 2.30. The van der Waals surface area contributed by atoms with Crippen LogP contribution in [-0.4, -0.2) is 41.9 Å². The Balaban J connectivity index is 2.02. The number of rotatable bonds is 4. The largest absolute Gasteiger partial charge is 0.391 e. The summed E-state index contributed by atoms with van der Waals surface area (Å²) in [6.07, 6.45) is 3.33. The fraction of sp³-hybridized carbons (Fsp3) is 0.667. The number of hydrogen-bond acceptors (Lipinski definition) is 6. The van der Waals surface area contributed by atoms with Crippen LogP contribution in [0.2, 0.25) is 5.15 Å². The number of nitrogens with zero attached hydrogens (tertiary/aromatic N) is 5. The van der Waals surface area contributed by atoms with Crippen LogP contribution in [0.1, 0.15) is 38.6 Å². The zero-order valence-electron chi connectivity index (χ0n) is 11.2. The molecule has 0 unspecified atom stereocenters. The third-order valence-electron chi connectivity index (χ3n) is 3.45. The number of halogens is 1. The van der Waals surface area contributed by atoms with Gasteiger partial charge in [0.15, 0.2) is 21.5 Å². The third-order valence-corrected chi connectivity index (χ3v) is 4.77. The van der Waals surface area contributed by atoms with Crippen LogP contribution >= 0.6 is 23.4 Å². The molecule has 0 spiro atoms. The number of thioether (sulfide) groups is 1. The molecular weight excluding hydrogens is 298 g/mol. The van der Waals surface area contributed by atoms with E-state index in [0.29, 0.717) is 21.5 Å². The lowest BCUT2D eigenvalue weighted by Gasteiger charge is -2.14. The molecule has 1 aliphatic carbocycles. The maximum absolute atomic E-state index is 10.0. The summed E-state index contributed by atoms with van der Waals surface area (Å²) < 4.78 is 1.70. The highest BCUT2D eigenvalue weighted by atomic mass is 35.5. The number of aliphatic hydroxyl groups is 1. The summed E-state index contributed by atoms with van der Waals surface area (Å²) in [7, 11) is 0. The number of hydrogen-bond donors (Lipinski definition) is 1. The molecule has 6 nitrogen and oxygen atoms in total. The van der Waals surface area contributed by atoms with Crippen LogP contribution in [0.15, 0.2) is 5.16 Å². The quantitative estimate of drug-likeness (QED) is 0.531. The van der Waals surface area contributed by atoms with Gasteiger partial charge < -0.3 is 5.11 Å². The Labute approximate surface area is 125 Å². The summed E-state index contributed by atoms with van der Waals surface area (Å²) in [6, 6.07) is -0.0602. The van der Waals surface area contributed by atoms with E-state index in [1.54, 1.807) is 16.4 Å². The van der Waals surface area contributed by atoms with Gasteiger partial charge in [-0.3, -0.25) is 0 Å². The van der Waals surface area contributed by atoms with Gasteiger partial charge in [0.2, 0.25) is 0 Å². The lowest BCUT2D eigenvalue weighted by molar-refractivity contribution is 0.131. The molecule has 1 N–H and O–H groups in total. The van der Waals surface area contributed by atoms with Crippen molar-refractivity contribution in [3.63, 3.8) is 0 Å². The van der Waals surface area contributed by atoms with Crippen molar-refractivity contribution in [2.45, 2.75) is 49.9 Å². The maximum atomic E-state index is 10.0. The Morgan fingerprint density at radius 1 is 1.40 bits per heavy atom. The van der Waals surface area contributed by atoms with E-state index < -0.39 is 0 Å². The van der Waals surface area contributed by atoms with Crippen molar-refractivity contribution in [3.8, 4) is 0 Å². The van der Waals surface area contributed by atoms with Gasteiger partial charge in [0.25, 0.3) is 0 Å². The number of fused-ring (bicyclic) bond motifs is 1. The molecule has 1 aliphatic rings. The van der Waals surface area contributed by atoms with E-state index in [9.17, 15) is 5.11 Å². The van der Waals surface area contributed by atoms with Crippen LogP contribution in [0.25, 0.3) is 11.2 Å². The highest BCUT2D eigenvalue weighted by Crippen LogP contribution is 2.32. The first kappa shape index (κ1) is 14.0. The van der Waals surface area contributed by atoms with E-state index in [1.807, 2.05) is 0 Å². The topological polar surface area (TPSA) is 76.7 Å². The zero-order valence-corrected chi connectivity index (χ0v) is 12.7. The Morgan fingerprint density at radius 2 is 2.25 bits per heavy atom. The highest BCUT2D eigenvalue weighted by molar-refractivity contribution is 7.99. The molecule has 0 amide bonds. The van der Waals surface area contributed by atoms with Crippen LogP contribution in [0.3, 0.4) is 0 Å². The van der Waals surface area contributed by atoms with Gasteiger partial charge in [0.1, 0.15) is 0 Å². The summed E-state index contributed by atoms with van der Waals surface area (Å²) in [4.78, 5) is 8.74. The van der Waals surface area contributed by atoms with Gasteiger partial charge in [-0.25, -0.2) is 14.6 Å². The molecule has 2 aromatic heterocycles. The molecule has 0 radical (unpaired) electrons. The molecule has 2 aromatic rings. The van der Waals surface area contributed by atoms with Crippen LogP contribution < -0.4 is 0 Å². The Bertz CT molecular complexity index is 619. The van der Waals surface area contributed by atoms with E-state index in [0.717, 1.165) is 31.4 Å². The first-order chi connectivity index (χ1) is 9.70. The second-order valence-electron chi connectivity index (χ2n) is 4.92. The van der Waals surface area contributed by atoms with Gasteiger partial charge in [-0.1, -0.05) is 35.5 Å². The Kier molecular flexibility index (Phi) is 4.09. The number of aromatic nitrogens is 5. The first-order valence-electron chi connectivity index (χ1n) is 6.80. The van der Waals surface area contributed by atoms with Gasteiger partial charge in [-0.15, -0.1) is 5.10 Å². The van der Waals surface area contributed by atoms with Crippen molar-refractivity contribution >= 4 is 34.5 Å². The molecular formula is C12H16ClN5OS. The molecule has 0 aromatic carbocycles.